The highest BCUT2D eigenvalue weighted by Crippen LogP contribution is 2.44. The molecule has 0 aromatic rings. The zero-order valence-electron chi connectivity index (χ0n) is 7.58. The summed E-state index contributed by atoms with van der Waals surface area (Å²) >= 11 is 0. The summed E-state index contributed by atoms with van der Waals surface area (Å²) in [6, 6.07) is 2.19. The lowest BCUT2D eigenvalue weighted by Crippen LogP contribution is -2.54. The molecule has 0 aromatic carbocycles. The van der Waals surface area contributed by atoms with Gasteiger partial charge in [0.1, 0.15) is 0 Å². The van der Waals surface area contributed by atoms with Crippen LogP contribution < -0.4 is 5.73 Å². The maximum absolute atomic E-state index is 6.16. The molecule has 68 valence electrons. The van der Waals surface area contributed by atoms with E-state index in [1.807, 2.05) is 0 Å². The second-order valence-electron chi connectivity index (χ2n) is 4.76. The quantitative estimate of drug-likeness (QED) is 0.581. The number of hydrogen-bond donors (Lipinski definition) is 1. The Balaban J connectivity index is 1.92. The smallest absolute Gasteiger partial charge is 0.0278 e. The van der Waals surface area contributed by atoms with Crippen LogP contribution in [0.5, 0.6) is 0 Å². The monoisotopic (exact) mass is 166 g/mol. The minimum absolute atomic E-state index is 0.494. The first kappa shape index (κ1) is 7.34. The van der Waals surface area contributed by atoms with E-state index in [9.17, 15) is 0 Å². The van der Waals surface area contributed by atoms with Crippen molar-refractivity contribution in [1.82, 2.24) is 4.90 Å². The summed E-state index contributed by atoms with van der Waals surface area (Å²) in [6.07, 6.45) is 6.98. The Hall–Kier alpha value is -0.0800. The molecule has 2 nitrogen and oxygen atoms in total. The van der Waals surface area contributed by atoms with Crippen LogP contribution in [0.25, 0.3) is 0 Å². The molecule has 4 bridgehead atoms. The van der Waals surface area contributed by atoms with E-state index < -0.39 is 0 Å². The zero-order chi connectivity index (χ0) is 8.13. The molecular formula is C10H18N2. The molecule has 2 N–H and O–H groups in total. The summed E-state index contributed by atoms with van der Waals surface area (Å²) in [7, 11) is 0. The second kappa shape index (κ2) is 2.46. The molecule has 0 aromatic heterocycles. The molecule has 3 fully saturated rings. The van der Waals surface area contributed by atoms with Crippen LogP contribution in [0.1, 0.15) is 32.1 Å². The van der Waals surface area contributed by atoms with E-state index in [0.717, 1.165) is 18.0 Å². The number of nitrogens with zero attached hydrogens (tertiary/aromatic N) is 1. The van der Waals surface area contributed by atoms with Gasteiger partial charge in [0.2, 0.25) is 0 Å². The first-order chi connectivity index (χ1) is 5.86. The van der Waals surface area contributed by atoms with Crippen LogP contribution in [0.4, 0.5) is 0 Å². The van der Waals surface area contributed by atoms with E-state index in [0.29, 0.717) is 6.04 Å². The van der Waals surface area contributed by atoms with Gasteiger partial charge in [-0.2, -0.15) is 0 Å². The van der Waals surface area contributed by atoms with Gasteiger partial charge in [0.15, 0.2) is 0 Å². The van der Waals surface area contributed by atoms with Gasteiger partial charge in [0, 0.05) is 18.1 Å². The normalized spacial score (nSPS) is 57.2. The fourth-order valence-electron chi connectivity index (χ4n) is 3.73. The van der Waals surface area contributed by atoms with Gasteiger partial charge in [-0.05, 0) is 44.6 Å². The minimum Gasteiger partial charge on any atom is -0.326 e. The average molecular weight is 166 g/mol. The van der Waals surface area contributed by atoms with Gasteiger partial charge < -0.3 is 5.73 Å². The average Bonchev–Trinajstić information content (AvgIpc) is 2.24. The Kier molecular flexibility index (Phi) is 1.50. The lowest BCUT2D eigenvalue weighted by atomic mass is 9.87. The third kappa shape index (κ3) is 0.826. The largest absolute Gasteiger partial charge is 0.326 e. The van der Waals surface area contributed by atoms with Gasteiger partial charge in [-0.25, -0.2) is 0 Å². The van der Waals surface area contributed by atoms with Crippen LogP contribution in [-0.2, 0) is 0 Å². The predicted octanol–water partition coefficient (Wildman–Crippen LogP) is 0.960. The van der Waals surface area contributed by atoms with E-state index in [1.165, 1.54) is 38.6 Å². The topological polar surface area (TPSA) is 29.3 Å². The van der Waals surface area contributed by atoms with Crippen LogP contribution in [0.15, 0.2) is 0 Å². The van der Waals surface area contributed by atoms with Crippen molar-refractivity contribution in [2.75, 3.05) is 6.54 Å². The van der Waals surface area contributed by atoms with Gasteiger partial charge in [-0.3, -0.25) is 4.90 Å². The van der Waals surface area contributed by atoms with Crippen LogP contribution >= 0.6 is 0 Å². The van der Waals surface area contributed by atoms with Crippen molar-refractivity contribution in [3.05, 3.63) is 0 Å². The van der Waals surface area contributed by atoms with Gasteiger partial charge in [0.05, 0.1) is 0 Å². The lowest BCUT2D eigenvalue weighted by molar-refractivity contribution is 0.0840. The predicted molar refractivity (Wildman–Crippen MR) is 48.8 cm³/mol. The molecule has 0 amide bonds. The molecule has 0 saturated carbocycles. The maximum atomic E-state index is 6.16. The molecule has 12 heavy (non-hydrogen) atoms. The Bertz CT molecular complexity index is 192. The van der Waals surface area contributed by atoms with E-state index in [4.69, 9.17) is 5.73 Å². The Morgan fingerprint density at radius 2 is 2.08 bits per heavy atom. The van der Waals surface area contributed by atoms with Crippen molar-refractivity contribution < 1.29 is 0 Å². The summed E-state index contributed by atoms with van der Waals surface area (Å²) in [4.78, 5) is 2.71. The third-order valence-electron chi connectivity index (χ3n) is 4.17. The molecule has 3 aliphatic heterocycles. The van der Waals surface area contributed by atoms with Crippen molar-refractivity contribution in [2.24, 2.45) is 11.7 Å². The first-order valence-corrected chi connectivity index (χ1v) is 5.37. The summed E-state index contributed by atoms with van der Waals surface area (Å²) in [5.41, 5.74) is 6.16. The van der Waals surface area contributed by atoms with Crippen molar-refractivity contribution in [1.29, 1.82) is 0 Å². The fraction of sp³-hybridized carbons (Fsp3) is 1.00. The van der Waals surface area contributed by atoms with Crippen LogP contribution in [-0.4, -0.2) is 29.6 Å². The standard InChI is InChI=1S/C10H18N2/c11-9-4-3-8-6-7-2-1-5-12(8)10(7)9/h7-10H,1-6,11H2/t7-,8+,9-,10-/m1/s1. The van der Waals surface area contributed by atoms with E-state index >= 15 is 0 Å². The van der Waals surface area contributed by atoms with Crippen LogP contribution in [0.2, 0.25) is 0 Å². The third-order valence-corrected chi connectivity index (χ3v) is 4.17. The molecule has 1 unspecified atom stereocenters. The molecule has 0 aliphatic carbocycles. The number of piperidine rings is 2. The SMILES string of the molecule is N[C@@H]1CC[C@H]2C[C@H]3CCCN2[C@H]31. The molecule has 0 radical (unpaired) electrons. The number of hydrogen-bond acceptors (Lipinski definition) is 2. The summed E-state index contributed by atoms with van der Waals surface area (Å²) in [5, 5.41) is 0. The molecule has 3 heterocycles. The first-order valence-electron chi connectivity index (χ1n) is 5.37. The second-order valence-corrected chi connectivity index (χ2v) is 4.76. The van der Waals surface area contributed by atoms with Gasteiger partial charge in [-0.1, -0.05) is 0 Å². The summed E-state index contributed by atoms with van der Waals surface area (Å²) in [6.45, 7) is 1.33. The van der Waals surface area contributed by atoms with E-state index in [1.54, 1.807) is 0 Å². The number of nitrogens with two attached hydrogens (primary N) is 1. The molecular weight excluding hydrogens is 148 g/mol. The van der Waals surface area contributed by atoms with Crippen molar-refractivity contribution in [3.63, 3.8) is 0 Å². The fourth-order valence-corrected chi connectivity index (χ4v) is 3.73. The van der Waals surface area contributed by atoms with Crippen LogP contribution in [0.3, 0.4) is 0 Å². The van der Waals surface area contributed by atoms with Crippen molar-refractivity contribution in [3.8, 4) is 0 Å². The number of rotatable bonds is 0. The molecule has 3 aliphatic rings. The zero-order valence-corrected chi connectivity index (χ0v) is 7.58. The summed E-state index contributed by atoms with van der Waals surface area (Å²) in [5.74, 6) is 0.959. The molecule has 0 spiro atoms. The lowest BCUT2D eigenvalue weighted by Gasteiger charge is -2.42. The van der Waals surface area contributed by atoms with Gasteiger partial charge in [-0.15, -0.1) is 0 Å². The Morgan fingerprint density at radius 3 is 2.92 bits per heavy atom. The van der Waals surface area contributed by atoms with Crippen molar-refractivity contribution in [2.45, 2.75) is 50.2 Å². The summed E-state index contributed by atoms with van der Waals surface area (Å²) < 4.78 is 0. The minimum atomic E-state index is 0.494. The van der Waals surface area contributed by atoms with Crippen molar-refractivity contribution >= 4 is 0 Å². The highest BCUT2D eigenvalue weighted by molar-refractivity contribution is 5.04. The van der Waals surface area contributed by atoms with Gasteiger partial charge in [0.25, 0.3) is 0 Å². The highest BCUT2D eigenvalue weighted by Gasteiger charge is 2.48. The molecule has 5 atom stereocenters. The van der Waals surface area contributed by atoms with E-state index in [-0.39, 0.29) is 0 Å². The maximum Gasteiger partial charge on any atom is 0.0278 e. The molecule has 2 heteroatoms. The molecule has 3 saturated heterocycles. The Labute approximate surface area is 74.1 Å². The van der Waals surface area contributed by atoms with Gasteiger partial charge >= 0.3 is 0 Å². The van der Waals surface area contributed by atoms with Crippen LogP contribution in [0, 0.1) is 5.92 Å². The molecule has 3 rings (SSSR count). The highest BCUT2D eigenvalue weighted by atomic mass is 15.3. The van der Waals surface area contributed by atoms with E-state index in [2.05, 4.69) is 4.90 Å². The Morgan fingerprint density at radius 1 is 1.17 bits per heavy atom.